The van der Waals surface area contributed by atoms with E-state index in [1.807, 2.05) is 54.6 Å². The van der Waals surface area contributed by atoms with Gasteiger partial charge in [0, 0.05) is 11.4 Å². The number of carbonyl (C=O) groups is 1. The third-order valence-electron chi connectivity index (χ3n) is 4.61. The number of rotatable bonds is 8. The SMILES string of the molecule is COc1ccc(OCCNc2cc(C(=O)NC3CC3)c3ccccc3n2)cc1. The van der Waals surface area contributed by atoms with Gasteiger partial charge in [-0.1, -0.05) is 18.2 Å². The van der Waals surface area contributed by atoms with Gasteiger partial charge in [-0.15, -0.1) is 0 Å². The minimum absolute atomic E-state index is 0.0429. The second-order valence-corrected chi connectivity index (χ2v) is 6.77. The van der Waals surface area contributed by atoms with Gasteiger partial charge in [0.2, 0.25) is 0 Å². The van der Waals surface area contributed by atoms with E-state index in [-0.39, 0.29) is 5.91 Å². The van der Waals surface area contributed by atoms with E-state index in [4.69, 9.17) is 9.47 Å². The van der Waals surface area contributed by atoms with Crippen molar-refractivity contribution in [3.05, 3.63) is 60.2 Å². The average Bonchev–Trinajstić information content (AvgIpc) is 3.55. The van der Waals surface area contributed by atoms with Crippen LogP contribution < -0.4 is 20.1 Å². The van der Waals surface area contributed by atoms with Crippen molar-refractivity contribution in [2.24, 2.45) is 0 Å². The monoisotopic (exact) mass is 377 g/mol. The lowest BCUT2D eigenvalue weighted by Crippen LogP contribution is -2.26. The van der Waals surface area contributed by atoms with E-state index >= 15 is 0 Å². The maximum atomic E-state index is 12.6. The van der Waals surface area contributed by atoms with Gasteiger partial charge in [-0.3, -0.25) is 4.79 Å². The molecule has 6 heteroatoms. The number of aromatic nitrogens is 1. The van der Waals surface area contributed by atoms with Crippen LogP contribution in [0.4, 0.5) is 5.82 Å². The Morgan fingerprint density at radius 1 is 1.11 bits per heavy atom. The quantitative estimate of drug-likeness (QED) is 0.587. The molecule has 1 fully saturated rings. The summed E-state index contributed by atoms with van der Waals surface area (Å²) in [6, 6.07) is 17.3. The van der Waals surface area contributed by atoms with Crippen molar-refractivity contribution in [3.63, 3.8) is 0 Å². The fourth-order valence-electron chi connectivity index (χ4n) is 2.96. The molecule has 0 saturated heterocycles. The Balaban J connectivity index is 1.42. The van der Waals surface area contributed by atoms with Crippen LogP contribution >= 0.6 is 0 Å². The highest BCUT2D eigenvalue weighted by Crippen LogP contribution is 2.24. The zero-order chi connectivity index (χ0) is 19.3. The fraction of sp³-hybridized carbons (Fsp3) is 0.273. The number of nitrogens with zero attached hydrogens (tertiary/aromatic N) is 1. The lowest BCUT2D eigenvalue weighted by molar-refractivity contribution is 0.0952. The number of para-hydroxylation sites is 1. The number of nitrogens with one attached hydrogen (secondary N) is 2. The minimum Gasteiger partial charge on any atom is -0.497 e. The Kier molecular flexibility index (Phi) is 5.28. The second kappa shape index (κ2) is 8.17. The highest BCUT2D eigenvalue weighted by atomic mass is 16.5. The summed E-state index contributed by atoms with van der Waals surface area (Å²) >= 11 is 0. The first-order valence-electron chi connectivity index (χ1n) is 9.44. The Hall–Kier alpha value is -3.28. The van der Waals surface area contributed by atoms with E-state index in [0.29, 0.717) is 30.6 Å². The van der Waals surface area contributed by atoms with Gasteiger partial charge >= 0.3 is 0 Å². The van der Waals surface area contributed by atoms with Crippen molar-refractivity contribution >= 4 is 22.6 Å². The molecule has 0 aliphatic heterocycles. The number of hydrogen-bond acceptors (Lipinski definition) is 5. The Bertz CT molecular complexity index is 968. The van der Waals surface area contributed by atoms with E-state index in [1.54, 1.807) is 7.11 Å². The molecule has 1 saturated carbocycles. The van der Waals surface area contributed by atoms with Gasteiger partial charge < -0.3 is 20.1 Å². The highest BCUT2D eigenvalue weighted by molar-refractivity contribution is 6.07. The third kappa shape index (κ3) is 4.34. The average molecular weight is 377 g/mol. The molecule has 1 heterocycles. The molecule has 0 spiro atoms. The summed E-state index contributed by atoms with van der Waals surface area (Å²) in [4.78, 5) is 17.2. The number of benzene rings is 2. The van der Waals surface area contributed by atoms with Crippen LogP contribution in [0.5, 0.6) is 11.5 Å². The molecule has 1 aromatic heterocycles. The third-order valence-corrected chi connectivity index (χ3v) is 4.61. The van der Waals surface area contributed by atoms with Gasteiger partial charge in [0.1, 0.15) is 23.9 Å². The van der Waals surface area contributed by atoms with Gasteiger partial charge in [0.15, 0.2) is 0 Å². The fourth-order valence-corrected chi connectivity index (χ4v) is 2.96. The second-order valence-electron chi connectivity index (χ2n) is 6.77. The topological polar surface area (TPSA) is 72.5 Å². The van der Waals surface area contributed by atoms with Crippen molar-refractivity contribution in [1.82, 2.24) is 10.3 Å². The summed E-state index contributed by atoms with van der Waals surface area (Å²) < 4.78 is 10.9. The van der Waals surface area contributed by atoms with Gasteiger partial charge in [0.25, 0.3) is 5.91 Å². The van der Waals surface area contributed by atoms with E-state index in [0.717, 1.165) is 35.2 Å². The largest absolute Gasteiger partial charge is 0.497 e. The maximum absolute atomic E-state index is 12.6. The predicted molar refractivity (Wildman–Crippen MR) is 109 cm³/mol. The predicted octanol–water partition coefficient (Wildman–Crippen LogP) is 3.63. The van der Waals surface area contributed by atoms with Crippen molar-refractivity contribution in [2.45, 2.75) is 18.9 Å². The molecule has 4 rings (SSSR count). The van der Waals surface area contributed by atoms with Crippen LogP contribution in [0.15, 0.2) is 54.6 Å². The molecule has 0 radical (unpaired) electrons. The summed E-state index contributed by atoms with van der Waals surface area (Å²) in [7, 11) is 1.63. The summed E-state index contributed by atoms with van der Waals surface area (Å²) in [5.41, 5.74) is 1.44. The van der Waals surface area contributed by atoms with Crippen molar-refractivity contribution in [1.29, 1.82) is 0 Å². The van der Waals surface area contributed by atoms with Crippen molar-refractivity contribution < 1.29 is 14.3 Å². The number of anilines is 1. The first-order chi connectivity index (χ1) is 13.7. The Morgan fingerprint density at radius 3 is 2.61 bits per heavy atom. The number of ether oxygens (including phenoxy) is 2. The Labute approximate surface area is 163 Å². The van der Waals surface area contributed by atoms with Crippen LogP contribution in [0.2, 0.25) is 0 Å². The molecular formula is C22H23N3O3. The van der Waals surface area contributed by atoms with Gasteiger partial charge in [-0.25, -0.2) is 4.98 Å². The van der Waals surface area contributed by atoms with Crippen molar-refractivity contribution in [3.8, 4) is 11.5 Å². The van der Waals surface area contributed by atoms with Crippen LogP contribution in [0.1, 0.15) is 23.2 Å². The first kappa shape index (κ1) is 18.1. The van der Waals surface area contributed by atoms with Gasteiger partial charge in [-0.2, -0.15) is 0 Å². The number of hydrogen-bond donors (Lipinski definition) is 2. The normalized spacial score (nSPS) is 13.2. The smallest absolute Gasteiger partial charge is 0.252 e. The molecule has 6 nitrogen and oxygen atoms in total. The summed E-state index contributed by atoms with van der Waals surface area (Å²) in [5, 5.41) is 7.17. The van der Waals surface area contributed by atoms with Crippen LogP contribution in [0.3, 0.4) is 0 Å². The molecule has 2 N–H and O–H groups in total. The molecule has 3 aromatic rings. The molecule has 1 aliphatic rings. The van der Waals surface area contributed by atoms with E-state index in [9.17, 15) is 4.79 Å². The molecule has 0 unspecified atom stereocenters. The Morgan fingerprint density at radius 2 is 1.86 bits per heavy atom. The molecule has 0 bridgehead atoms. The van der Waals surface area contributed by atoms with E-state index < -0.39 is 0 Å². The zero-order valence-electron chi connectivity index (χ0n) is 15.8. The van der Waals surface area contributed by atoms with Crippen LogP contribution in [-0.4, -0.2) is 37.2 Å². The molecule has 28 heavy (non-hydrogen) atoms. The van der Waals surface area contributed by atoms with Gasteiger partial charge in [-0.05, 0) is 49.2 Å². The molecule has 1 amide bonds. The van der Waals surface area contributed by atoms with Crippen LogP contribution in [-0.2, 0) is 0 Å². The molecule has 144 valence electrons. The van der Waals surface area contributed by atoms with Crippen LogP contribution in [0.25, 0.3) is 10.9 Å². The number of methoxy groups -OCH3 is 1. The van der Waals surface area contributed by atoms with Gasteiger partial charge in [0.05, 0.1) is 24.7 Å². The lowest BCUT2D eigenvalue weighted by atomic mass is 10.1. The number of carbonyl (C=O) groups excluding carboxylic acids is 1. The summed E-state index contributed by atoms with van der Waals surface area (Å²) in [6.45, 7) is 1.05. The minimum atomic E-state index is -0.0429. The van der Waals surface area contributed by atoms with E-state index in [2.05, 4.69) is 15.6 Å². The molecule has 2 aromatic carbocycles. The zero-order valence-corrected chi connectivity index (χ0v) is 15.8. The number of pyridine rings is 1. The molecule has 0 atom stereocenters. The lowest BCUT2D eigenvalue weighted by Gasteiger charge is -2.12. The van der Waals surface area contributed by atoms with Crippen molar-refractivity contribution in [2.75, 3.05) is 25.6 Å². The molecule has 1 aliphatic carbocycles. The standard InChI is InChI=1S/C22H23N3O3/c1-27-16-8-10-17(11-9-16)28-13-12-23-21-14-19(22(26)24-15-6-7-15)18-4-2-3-5-20(18)25-21/h2-5,8-11,14-15H,6-7,12-13H2,1H3,(H,23,25)(H,24,26). The molecular weight excluding hydrogens is 354 g/mol. The maximum Gasteiger partial charge on any atom is 0.252 e. The van der Waals surface area contributed by atoms with Crippen LogP contribution in [0, 0.1) is 0 Å². The first-order valence-corrected chi connectivity index (χ1v) is 9.44. The van der Waals surface area contributed by atoms with E-state index in [1.165, 1.54) is 0 Å². The highest BCUT2D eigenvalue weighted by Gasteiger charge is 2.25. The number of amides is 1. The summed E-state index contributed by atoms with van der Waals surface area (Å²) in [6.07, 6.45) is 2.12. The summed E-state index contributed by atoms with van der Waals surface area (Å²) in [5.74, 6) is 2.19. The number of fused-ring (bicyclic) bond motifs is 1.